The molecule has 1 aromatic heterocycles. The number of rotatable bonds is 5. The van der Waals surface area contributed by atoms with Crippen LogP contribution < -0.4 is 10.4 Å². The van der Waals surface area contributed by atoms with Crippen molar-refractivity contribution in [2.75, 3.05) is 5.01 Å². The van der Waals surface area contributed by atoms with Crippen molar-refractivity contribution in [1.82, 2.24) is 5.43 Å². The number of anilines is 1. The summed E-state index contributed by atoms with van der Waals surface area (Å²) in [5.74, 6) is -1.29. The summed E-state index contributed by atoms with van der Waals surface area (Å²) >= 11 is 0. The van der Waals surface area contributed by atoms with Gasteiger partial charge in [0.15, 0.2) is 0 Å². The van der Waals surface area contributed by atoms with E-state index in [1.807, 2.05) is 19.1 Å². The molecule has 0 saturated carbocycles. The van der Waals surface area contributed by atoms with Gasteiger partial charge in [-0.15, -0.1) is 0 Å². The summed E-state index contributed by atoms with van der Waals surface area (Å²) in [6, 6.07) is 17.0. The van der Waals surface area contributed by atoms with E-state index in [0.29, 0.717) is 22.8 Å². The Kier molecular flexibility index (Phi) is 4.93. The molecule has 0 aliphatic carbocycles. The monoisotopic (exact) mass is 402 g/mol. The molecule has 30 heavy (non-hydrogen) atoms. The Hall–Kier alpha value is -4.13. The third kappa shape index (κ3) is 3.60. The molecule has 3 aromatic rings. The zero-order valence-electron chi connectivity index (χ0n) is 16.1. The van der Waals surface area contributed by atoms with Crippen molar-refractivity contribution in [3.05, 3.63) is 83.1 Å². The number of hydrogen-bond donors (Lipinski definition) is 2. The summed E-state index contributed by atoms with van der Waals surface area (Å²) in [6.45, 7) is 2.04. The van der Waals surface area contributed by atoms with Crippen LogP contribution in [0.25, 0.3) is 17.4 Å². The quantitative estimate of drug-likeness (QED) is 0.501. The maximum absolute atomic E-state index is 12.7. The van der Waals surface area contributed by atoms with Gasteiger partial charge in [-0.3, -0.25) is 15.0 Å². The Morgan fingerprint density at radius 2 is 1.87 bits per heavy atom. The van der Waals surface area contributed by atoms with Gasteiger partial charge >= 0.3 is 5.97 Å². The Morgan fingerprint density at radius 3 is 2.57 bits per heavy atom. The van der Waals surface area contributed by atoms with Crippen molar-refractivity contribution in [3.8, 4) is 11.3 Å². The first-order chi connectivity index (χ1) is 14.5. The van der Waals surface area contributed by atoms with Crippen molar-refractivity contribution in [1.29, 1.82) is 0 Å². The number of carboxylic acid groups (broad SMARTS) is 1. The summed E-state index contributed by atoms with van der Waals surface area (Å²) < 4.78 is 5.71. The summed E-state index contributed by atoms with van der Waals surface area (Å²) in [7, 11) is 0. The van der Waals surface area contributed by atoms with E-state index in [4.69, 9.17) is 9.52 Å². The van der Waals surface area contributed by atoms with Crippen LogP contribution in [-0.2, 0) is 16.0 Å². The molecule has 2 heterocycles. The largest absolute Gasteiger partial charge is 0.478 e. The maximum atomic E-state index is 12.7. The van der Waals surface area contributed by atoms with E-state index in [1.165, 1.54) is 23.2 Å². The van der Waals surface area contributed by atoms with Crippen molar-refractivity contribution < 1.29 is 23.9 Å². The second-order valence-electron chi connectivity index (χ2n) is 6.75. The normalized spacial score (nSPS) is 15.0. The average Bonchev–Trinajstić information content (AvgIpc) is 3.34. The van der Waals surface area contributed by atoms with Gasteiger partial charge in [0, 0.05) is 5.56 Å². The fourth-order valence-electron chi connectivity index (χ4n) is 3.15. The molecule has 0 spiro atoms. The Labute approximate surface area is 172 Å². The molecule has 0 bridgehead atoms. The third-order valence-corrected chi connectivity index (χ3v) is 4.80. The molecule has 1 saturated heterocycles. The summed E-state index contributed by atoms with van der Waals surface area (Å²) in [5.41, 5.74) is 4.93. The smallest absolute Gasteiger partial charge is 0.335 e. The number of carbonyl (C=O) groups excluding carboxylic acids is 2. The first-order valence-corrected chi connectivity index (χ1v) is 9.36. The van der Waals surface area contributed by atoms with Crippen LogP contribution in [0.4, 0.5) is 5.69 Å². The summed E-state index contributed by atoms with van der Waals surface area (Å²) in [5, 5.41) is 10.3. The number of carbonyl (C=O) groups is 3. The SMILES string of the molecule is CCc1ccc(N2NC(=O)/C(=C\c3ccc(-c4cccc(C(=O)O)c4)o3)C2=O)cc1. The Balaban J connectivity index is 1.59. The minimum Gasteiger partial charge on any atom is -0.478 e. The molecule has 1 fully saturated rings. The van der Waals surface area contributed by atoms with Crippen molar-refractivity contribution >= 4 is 29.5 Å². The maximum Gasteiger partial charge on any atom is 0.335 e. The van der Waals surface area contributed by atoms with E-state index < -0.39 is 17.8 Å². The van der Waals surface area contributed by atoms with Crippen LogP contribution in [0.5, 0.6) is 0 Å². The number of furan rings is 1. The van der Waals surface area contributed by atoms with E-state index in [-0.39, 0.29) is 11.1 Å². The standard InChI is InChI=1S/C23H18N2O5/c1-2-14-6-8-17(9-7-14)25-22(27)19(21(26)24-25)13-18-10-11-20(30-18)15-4-3-5-16(12-15)23(28)29/h3-13H,2H2,1H3,(H,24,26)(H,28,29)/b19-13+. The number of hydrazine groups is 1. The number of nitrogens with zero attached hydrogens (tertiary/aromatic N) is 1. The molecule has 2 aromatic carbocycles. The lowest BCUT2D eigenvalue weighted by atomic mass is 10.1. The van der Waals surface area contributed by atoms with Crippen molar-refractivity contribution in [2.24, 2.45) is 0 Å². The van der Waals surface area contributed by atoms with Gasteiger partial charge in [-0.1, -0.05) is 31.2 Å². The molecule has 7 nitrogen and oxygen atoms in total. The van der Waals surface area contributed by atoms with Crippen LogP contribution in [0.1, 0.15) is 28.6 Å². The number of carboxylic acids is 1. The van der Waals surface area contributed by atoms with Crippen LogP contribution in [0, 0.1) is 0 Å². The molecule has 2 amide bonds. The molecule has 7 heteroatoms. The van der Waals surface area contributed by atoms with E-state index in [9.17, 15) is 14.4 Å². The molecule has 0 unspecified atom stereocenters. The van der Waals surface area contributed by atoms with Crippen molar-refractivity contribution in [2.45, 2.75) is 13.3 Å². The van der Waals surface area contributed by atoms with E-state index in [0.717, 1.165) is 12.0 Å². The summed E-state index contributed by atoms with van der Waals surface area (Å²) in [6.07, 6.45) is 2.25. The number of benzene rings is 2. The molecule has 2 N–H and O–H groups in total. The number of hydrogen-bond acceptors (Lipinski definition) is 4. The zero-order valence-corrected chi connectivity index (χ0v) is 16.1. The number of nitrogens with one attached hydrogen (secondary N) is 1. The van der Waals surface area contributed by atoms with Crippen LogP contribution >= 0.6 is 0 Å². The Bertz CT molecular complexity index is 1170. The molecule has 0 radical (unpaired) electrons. The highest BCUT2D eigenvalue weighted by atomic mass is 16.4. The third-order valence-electron chi connectivity index (χ3n) is 4.80. The number of amides is 2. The molecular weight excluding hydrogens is 384 g/mol. The minimum absolute atomic E-state index is 0.0465. The van der Waals surface area contributed by atoms with Crippen LogP contribution in [0.15, 0.2) is 70.7 Å². The molecule has 4 rings (SSSR count). The zero-order chi connectivity index (χ0) is 21.3. The van der Waals surface area contributed by atoms with Gasteiger partial charge in [0.05, 0.1) is 11.3 Å². The second kappa shape index (κ2) is 7.71. The molecule has 1 aliphatic heterocycles. The van der Waals surface area contributed by atoms with E-state index in [2.05, 4.69) is 5.43 Å². The van der Waals surface area contributed by atoms with Gasteiger partial charge < -0.3 is 9.52 Å². The van der Waals surface area contributed by atoms with Crippen LogP contribution in [0.3, 0.4) is 0 Å². The topological polar surface area (TPSA) is 99.8 Å². The highest BCUT2D eigenvalue weighted by molar-refractivity contribution is 6.31. The van der Waals surface area contributed by atoms with Gasteiger partial charge in [-0.25, -0.2) is 9.80 Å². The minimum atomic E-state index is -1.04. The van der Waals surface area contributed by atoms with E-state index >= 15 is 0 Å². The van der Waals surface area contributed by atoms with Gasteiger partial charge in [0.25, 0.3) is 11.8 Å². The Morgan fingerprint density at radius 1 is 1.10 bits per heavy atom. The first kappa shape index (κ1) is 19.2. The van der Waals surface area contributed by atoms with Gasteiger partial charge in [0.1, 0.15) is 17.1 Å². The van der Waals surface area contributed by atoms with Crippen LogP contribution in [-0.4, -0.2) is 22.9 Å². The number of aryl methyl sites for hydroxylation is 1. The van der Waals surface area contributed by atoms with Crippen molar-refractivity contribution in [3.63, 3.8) is 0 Å². The highest BCUT2D eigenvalue weighted by Crippen LogP contribution is 2.26. The fraction of sp³-hybridized carbons (Fsp3) is 0.0870. The molecular formula is C23H18N2O5. The van der Waals surface area contributed by atoms with Gasteiger partial charge in [-0.2, -0.15) is 0 Å². The number of aromatic carboxylic acids is 1. The van der Waals surface area contributed by atoms with Crippen LogP contribution in [0.2, 0.25) is 0 Å². The molecule has 1 aliphatic rings. The lowest BCUT2D eigenvalue weighted by Gasteiger charge is -2.14. The second-order valence-corrected chi connectivity index (χ2v) is 6.75. The highest BCUT2D eigenvalue weighted by Gasteiger charge is 2.34. The van der Waals surface area contributed by atoms with E-state index in [1.54, 1.807) is 36.4 Å². The summed E-state index contributed by atoms with van der Waals surface area (Å²) in [4.78, 5) is 36.2. The molecule has 0 atom stereocenters. The average molecular weight is 402 g/mol. The van der Waals surface area contributed by atoms with Gasteiger partial charge in [0.2, 0.25) is 0 Å². The predicted molar refractivity (Wildman–Crippen MR) is 111 cm³/mol. The predicted octanol–water partition coefficient (Wildman–Crippen LogP) is 3.67. The first-order valence-electron chi connectivity index (χ1n) is 9.36. The molecule has 150 valence electrons. The lowest BCUT2D eigenvalue weighted by molar-refractivity contribution is -0.117. The lowest BCUT2D eigenvalue weighted by Crippen LogP contribution is -2.35. The van der Waals surface area contributed by atoms with Gasteiger partial charge in [-0.05, 0) is 54.5 Å². The fourth-order valence-corrected chi connectivity index (χ4v) is 3.15.